The first kappa shape index (κ1) is 21.7. The molecule has 0 aromatic heterocycles. The minimum atomic E-state index is -3.58. The average molecular weight is 407 g/mol. The number of carbonyl (C=O) groups is 1. The summed E-state index contributed by atoms with van der Waals surface area (Å²) in [6.45, 7) is 5.00. The molecule has 0 aliphatic carbocycles. The van der Waals surface area contributed by atoms with E-state index in [0.29, 0.717) is 5.56 Å². The van der Waals surface area contributed by atoms with Gasteiger partial charge < -0.3 is 15.2 Å². The molecule has 0 heterocycles. The van der Waals surface area contributed by atoms with Crippen LogP contribution >= 0.6 is 0 Å². The number of ether oxygens (including phenoxy) is 1. The highest BCUT2D eigenvalue weighted by Crippen LogP contribution is 2.42. The first-order valence-corrected chi connectivity index (χ1v) is 10.6. The first-order valence-electron chi connectivity index (χ1n) is 8.96. The zero-order valence-electron chi connectivity index (χ0n) is 16.4. The van der Waals surface area contributed by atoms with Crippen molar-refractivity contribution in [3.05, 3.63) is 42.5 Å². The van der Waals surface area contributed by atoms with E-state index in [1.807, 2.05) is 30.3 Å². The lowest BCUT2D eigenvalue weighted by atomic mass is 10.0. The van der Waals surface area contributed by atoms with Crippen LogP contribution in [0.3, 0.4) is 0 Å². The number of carbonyl (C=O) groups excluding carboxylic acids is 1. The average Bonchev–Trinajstić information content (AvgIpc) is 2.67. The smallest absolute Gasteiger partial charge is 0.242 e. The Bertz CT molecular complexity index is 927. The third kappa shape index (κ3) is 5.02. The molecule has 2 aromatic carbocycles. The quantitative estimate of drug-likeness (QED) is 0.625. The van der Waals surface area contributed by atoms with Gasteiger partial charge in [-0.3, -0.25) is 4.79 Å². The molecule has 152 valence electrons. The molecule has 0 radical (unpaired) electrons. The summed E-state index contributed by atoms with van der Waals surface area (Å²) in [7, 11) is -2.19. The van der Waals surface area contributed by atoms with Crippen LogP contribution in [0.2, 0.25) is 0 Å². The van der Waals surface area contributed by atoms with E-state index in [1.165, 1.54) is 20.1 Å². The Morgan fingerprint density at radius 1 is 1.14 bits per heavy atom. The summed E-state index contributed by atoms with van der Waals surface area (Å²) < 4.78 is 31.7. The van der Waals surface area contributed by atoms with Gasteiger partial charge in [-0.2, -0.15) is 0 Å². The van der Waals surface area contributed by atoms with Crippen LogP contribution in [0.4, 0.5) is 5.69 Å². The Balaban J connectivity index is 2.48. The molecule has 0 fully saturated rings. The van der Waals surface area contributed by atoms with E-state index < -0.39 is 22.0 Å². The normalized spacial score (nSPS) is 12.6. The molecule has 0 saturated heterocycles. The topological polar surface area (TPSA) is 105 Å². The van der Waals surface area contributed by atoms with E-state index >= 15 is 0 Å². The van der Waals surface area contributed by atoms with Crippen LogP contribution in [0.15, 0.2) is 42.5 Å². The Morgan fingerprint density at radius 3 is 2.32 bits per heavy atom. The van der Waals surface area contributed by atoms with E-state index in [-0.39, 0.29) is 28.9 Å². The second kappa shape index (κ2) is 9.07. The summed E-state index contributed by atoms with van der Waals surface area (Å²) in [5, 5.41) is 12.9. The Morgan fingerprint density at radius 2 is 1.79 bits per heavy atom. The van der Waals surface area contributed by atoms with Gasteiger partial charge in [-0.05, 0) is 30.5 Å². The summed E-state index contributed by atoms with van der Waals surface area (Å²) in [6, 6.07) is 11.5. The fourth-order valence-corrected chi connectivity index (χ4v) is 3.66. The maximum Gasteiger partial charge on any atom is 0.242 e. The van der Waals surface area contributed by atoms with Crippen LogP contribution in [0.1, 0.15) is 20.8 Å². The van der Waals surface area contributed by atoms with Crippen LogP contribution in [0.25, 0.3) is 11.1 Å². The van der Waals surface area contributed by atoms with Crippen LogP contribution in [0.5, 0.6) is 11.5 Å². The number of sulfonamides is 1. The van der Waals surface area contributed by atoms with Crippen molar-refractivity contribution in [2.45, 2.75) is 26.8 Å². The standard InChI is InChI=1S/C20H26N2O5S/c1-5-28(25,26)22-17(13(2)3)20(24)21-18-15(14-9-7-6-8-10-14)11-12-16(23)19(18)27-4/h6-13,17,22-23H,5H2,1-4H3,(H,21,24). The zero-order chi connectivity index (χ0) is 20.9. The molecule has 3 N–H and O–H groups in total. The van der Waals surface area contributed by atoms with Crippen molar-refractivity contribution in [1.82, 2.24) is 4.72 Å². The van der Waals surface area contributed by atoms with Crippen LogP contribution < -0.4 is 14.8 Å². The monoisotopic (exact) mass is 406 g/mol. The Kier molecular flexibility index (Phi) is 7.04. The molecule has 0 spiro atoms. The molecule has 0 aliphatic rings. The van der Waals surface area contributed by atoms with Gasteiger partial charge in [0.25, 0.3) is 0 Å². The van der Waals surface area contributed by atoms with Gasteiger partial charge in [0, 0.05) is 5.56 Å². The predicted molar refractivity (Wildman–Crippen MR) is 110 cm³/mol. The number of hydrogen-bond acceptors (Lipinski definition) is 5. The fourth-order valence-electron chi connectivity index (χ4n) is 2.73. The molecule has 1 unspecified atom stereocenters. The van der Waals surface area contributed by atoms with Crippen molar-refractivity contribution in [1.29, 1.82) is 0 Å². The van der Waals surface area contributed by atoms with Crippen LogP contribution in [-0.4, -0.2) is 38.3 Å². The lowest BCUT2D eigenvalue weighted by Crippen LogP contribution is -2.47. The summed E-state index contributed by atoms with van der Waals surface area (Å²) in [4.78, 5) is 12.9. The fraction of sp³-hybridized carbons (Fsp3) is 0.350. The molecule has 8 heteroatoms. The summed E-state index contributed by atoms with van der Waals surface area (Å²) >= 11 is 0. The number of aromatic hydroxyl groups is 1. The van der Waals surface area contributed by atoms with E-state index in [1.54, 1.807) is 19.9 Å². The molecule has 2 rings (SSSR count). The largest absolute Gasteiger partial charge is 0.504 e. The summed E-state index contributed by atoms with van der Waals surface area (Å²) in [5.41, 5.74) is 1.73. The highest BCUT2D eigenvalue weighted by molar-refractivity contribution is 7.89. The van der Waals surface area contributed by atoms with Gasteiger partial charge in [0.15, 0.2) is 11.5 Å². The maximum absolute atomic E-state index is 12.9. The van der Waals surface area contributed by atoms with E-state index in [2.05, 4.69) is 10.0 Å². The van der Waals surface area contributed by atoms with Gasteiger partial charge in [-0.15, -0.1) is 0 Å². The Labute approximate surface area is 165 Å². The number of amides is 1. The molecular weight excluding hydrogens is 380 g/mol. The zero-order valence-corrected chi connectivity index (χ0v) is 17.2. The molecule has 0 saturated carbocycles. The third-order valence-corrected chi connectivity index (χ3v) is 5.68. The van der Waals surface area contributed by atoms with E-state index in [9.17, 15) is 18.3 Å². The van der Waals surface area contributed by atoms with Gasteiger partial charge >= 0.3 is 0 Å². The Hall–Kier alpha value is -2.58. The molecule has 7 nitrogen and oxygen atoms in total. The van der Waals surface area contributed by atoms with Gasteiger partial charge in [-0.1, -0.05) is 44.2 Å². The molecule has 0 bridgehead atoms. The minimum absolute atomic E-state index is 0.107. The van der Waals surface area contributed by atoms with Crippen molar-refractivity contribution < 1.29 is 23.1 Å². The van der Waals surface area contributed by atoms with E-state index in [0.717, 1.165) is 5.56 Å². The van der Waals surface area contributed by atoms with E-state index in [4.69, 9.17) is 4.74 Å². The summed E-state index contributed by atoms with van der Waals surface area (Å²) in [6.07, 6.45) is 0. The second-order valence-electron chi connectivity index (χ2n) is 6.64. The lowest BCUT2D eigenvalue weighted by Gasteiger charge is -2.23. The number of hydrogen-bond donors (Lipinski definition) is 3. The number of methoxy groups -OCH3 is 1. The number of phenols is 1. The highest BCUT2D eigenvalue weighted by Gasteiger charge is 2.28. The van der Waals surface area contributed by atoms with Crippen LogP contribution in [-0.2, 0) is 14.8 Å². The minimum Gasteiger partial charge on any atom is -0.504 e. The van der Waals surface area contributed by atoms with Crippen molar-refractivity contribution in [2.24, 2.45) is 5.92 Å². The molecule has 28 heavy (non-hydrogen) atoms. The number of anilines is 1. The van der Waals surface area contributed by atoms with Gasteiger partial charge in [0.1, 0.15) is 6.04 Å². The number of benzene rings is 2. The van der Waals surface area contributed by atoms with Crippen molar-refractivity contribution >= 4 is 21.6 Å². The second-order valence-corrected chi connectivity index (χ2v) is 8.68. The number of nitrogens with one attached hydrogen (secondary N) is 2. The highest BCUT2D eigenvalue weighted by atomic mass is 32.2. The summed E-state index contributed by atoms with van der Waals surface area (Å²) in [5.74, 6) is -0.977. The molecule has 0 aliphatic heterocycles. The SMILES string of the molecule is CCS(=O)(=O)NC(C(=O)Nc1c(-c2ccccc2)ccc(O)c1OC)C(C)C. The molecule has 1 atom stereocenters. The number of phenolic OH excluding ortho intramolecular Hbond substituents is 1. The molecular formula is C20H26N2O5S. The molecule has 1 amide bonds. The van der Waals surface area contributed by atoms with Gasteiger partial charge in [0.05, 0.1) is 18.6 Å². The predicted octanol–water partition coefficient (Wildman–Crippen LogP) is 2.97. The van der Waals surface area contributed by atoms with Crippen LogP contribution in [0, 0.1) is 5.92 Å². The van der Waals surface area contributed by atoms with Crippen molar-refractivity contribution in [3.8, 4) is 22.6 Å². The number of rotatable bonds is 8. The lowest BCUT2D eigenvalue weighted by molar-refractivity contribution is -0.118. The molecule has 2 aromatic rings. The maximum atomic E-state index is 12.9. The third-order valence-electron chi connectivity index (χ3n) is 4.31. The first-order chi connectivity index (χ1) is 13.2. The van der Waals surface area contributed by atoms with Crippen molar-refractivity contribution in [3.63, 3.8) is 0 Å². The van der Waals surface area contributed by atoms with Crippen molar-refractivity contribution in [2.75, 3.05) is 18.2 Å². The van der Waals surface area contributed by atoms with Gasteiger partial charge in [-0.25, -0.2) is 13.1 Å². The van der Waals surface area contributed by atoms with Gasteiger partial charge in [0.2, 0.25) is 15.9 Å².